The van der Waals surface area contributed by atoms with Gasteiger partial charge >= 0.3 is 0 Å². The number of nitrogens with one attached hydrogen (secondary N) is 1. The lowest BCUT2D eigenvalue weighted by molar-refractivity contribution is -0.130. The van der Waals surface area contributed by atoms with Crippen LogP contribution < -0.4 is 0 Å². The van der Waals surface area contributed by atoms with Crippen LogP contribution in [-0.4, -0.2) is 37.6 Å². The van der Waals surface area contributed by atoms with Crippen LogP contribution >= 0.6 is 11.8 Å². The van der Waals surface area contributed by atoms with E-state index < -0.39 is 0 Å². The van der Waals surface area contributed by atoms with Gasteiger partial charge in [-0.2, -0.15) is 5.10 Å². The number of fused-ring (bicyclic) bond motifs is 1. The number of H-pyrrole nitrogens is 1. The number of amides is 1. The quantitative estimate of drug-likeness (QED) is 0.272. The van der Waals surface area contributed by atoms with Crippen molar-refractivity contribution in [3.63, 3.8) is 0 Å². The molecule has 0 saturated carbocycles. The minimum Gasteiger partial charge on any atom is -0.272 e. The summed E-state index contributed by atoms with van der Waals surface area (Å²) in [4.78, 5) is 18.0. The third-order valence-corrected chi connectivity index (χ3v) is 7.38. The Hall–Kier alpha value is -4.23. The highest BCUT2D eigenvalue weighted by Crippen LogP contribution is 2.34. The summed E-state index contributed by atoms with van der Waals surface area (Å²) in [6.45, 7) is 2.05. The summed E-state index contributed by atoms with van der Waals surface area (Å²) in [5.41, 5.74) is 5.17. The van der Waals surface area contributed by atoms with E-state index in [9.17, 15) is 4.79 Å². The van der Waals surface area contributed by atoms with Gasteiger partial charge in [-0.3, -0.25) is 9.89 Å². The van der Waals surface area contributed by atoms with E-state index in [0.29, 0.717) is 17.4 Å². The third kappa shape index (κ3) is 4.90. The molecule has 1 aromatic heterocycles. The maximum Gasteiger partial charge on any atom is 0.253 e. The van der Waals surface area contributed by atoms with Gasteiger partial charge in [0.1, 0.15) is 0 Å². The van der Waals surface area contributed by atoms with Crippen molar-refractivity contribution in [2.45, 2.75) is 24.5 Å². The lowest BCUT2D eigenvalue weighted by Crippen LogP contribution is -2.28. The molecule has 37 heavy (non-hydrogen) atoms. The molecule has 0 radical (unpaired) electrons. The molecule has 0 saturated heterocycles. The number of benzene rings is 4. The van der Waals surface area contributed by atoms with Crippen molar-refractivity contribution in [3.05, 3.63) is 114 Å². The molecule has 1 aliphatic heterocycles. The van der Waals surface area contributed by atoms with E-state index in [1.165, 1.54) is 22.7 Å². The Morgan fingerprint density at radius 1 is 0.919 bits per heavy atom. The average molecular weight is 504 g/mol. The van der Waals surface area contributed by atoms with E-state index in [1.807, 2.05) is 61.5 Å². The number of hydrazone groups is 1. The van der Waals surface area contributed by atoms with Crippen molar-refractivity contribution < 1.29 is 4.79 Å². The van der Waals surface area contributed by atoms with E-state index in [4.69, 9.17) is 5.10 Å². The van der Waals surface area contributed by atoms with Gasteiger partial charge < -0.3 is 0 Å². The molecule has 0 aliphatic carbocycles. The second kappa shape index (κ2) is 10.0. The van der Waals surface area contributed by atoms with Gasteiger partial charge in [-0.25, -0.2) is 9.99 Å². The monoisotopic (exact) mass is 503 g/mol. The fourth-order valence-corrected chi connectivity index (χ4v) is 5.21. The molecule has 7 heteroatoms. The second-order valence-corrected chi connectivity index (χ2v) is 10.0. The summed E-state index contributed by atoms with van der Waals surface area (Å²) in [7, 11) is 0. The van der Waals surface area contributed by atoms with Gasteiger partial charge in [0.05, 0.1) is 17.5 Å². The number of carbonyl (C=O) groups is 1. The largest absolute Gasteiger partial charge is 0.272 e. The van der Waals surface area contributed by atoms with Crippen LogP contribution in [0.5, 0.6) is 0 Å². The molecular formula is C30H25N5OS. The highest BCUT2D eigenvalue weighted by molar-refractivity contribution is 7.99. The molecule has 0 spiro atoms. The average Bonchev–Trinajstić information content (AvgIpc) is 3.61. The minimum atomic E-state index is -0.147. The second-order valence-electron chi connectivity index (χ2n) is 9.10. The Balaban J connectivity index is 1.23. The molecule has 182 valence electrons. The normalized spacial score (nSPS) is 15.2. The zero-order valence-electron chi connectivity index (χ0n) is 20.3. The van der Waals surface area contributed by atoms with Crippen LogP contribution in [0.3, 0.4) is 0 Å². The van der Waals surface area contributed by atoms with Crippen LogP contribution in [0, 0.1) is 6.92 Å². The molecule has 0 fully saturated rings. The molecular weight excluding hydrogens is 478 g/mol. The number of thioether (sulfide) groups is 1. The number of aromatic amines is 1. The molecule has 1 aliphatic rings. The van der Waals surface area contributed by atoms with Crippen molar-refractivity contribution in [3.8, 4) is 11.4 Å². The Kier molecular flexibility index (Phi) is 6.28. The predicted octanol–water partition coefficient (Wildman–Crippen LogP) is 6.40. The highest BCUT2D eigenvalue weighted by atomic mass is 32.2. The number of hydrogen-bond donors (Lipinski definition) is 1. The first kappa shape index (κ1) is 23.2. The number of rotatable bonds is 6. The topological polar surface area (TPSA) is 74.2 Å². The van der Waals surface area contributed by atoms with E-state index in [2.05, 4.69) is 57.6 Å². The van der Waals surface area contributed by atoms with Gasteiger partial charge in [-0.1, -0.05) is 108 Å². The number of hydrogen-bond acceptors (Lipinski definition) is 5. The number of nitrogens with zero attached hydrogens (tertiary/aromatic N) is 4. The lowest BCUT2D eigenvalue weighted by Gasteiger charge is -2.21. The number of aromatic nitrogens is 3. The van der Waals surface area contributed by atoms with Crippen LogP contribution in [0.15, 0.2) is 107 Å². The Bertz CT molecular complexity index is 1590. The van der Waals surface area contributed by atoms with E-state index in [1.54, 1.807) is 5.01 Å². The first-order chi connectivity index (χ1) is 18.1. The predicted molar refractivity (Wildman–Crippen MR) is 148 cm³/mol. The van der Waals surface area contributed by atoms with Crippen LogP contribution in [0.4, 0.5) is 0 Å². The maximum atomic E-state index is 13.4. The van der Waals surface area contributed by atoms with E-state index in [-0.39, 0.29) is 17.7 Å². The summed E-state index contributed by atoms with van der Waals surface area (Å²) >= 11 is 1.32. The third-order valence-electron chi connectivity index (χ3n) is 6.55. The SMILES string of the molecule is Cc1ccc(-c2nc(SCC(=O)N3N=C(c4ccc5ccccc5c4)CC3c3ccccc3)n[nH]2)cc1. The fraction of sp³-hybridized carbons (Fsp3) is 0.133. The highest BCUT2D eigenvalue weighted by Gasteiger charge is 2.33. The molecule has 1 N–H and O–H groups in total. The standard InChI is InChI=1S/C30H25N5OS/c1-20-11-13-23(14-12-20)29-31-30(33-32-29)37-19-28(36)35-27(22-8-3-2-4-9-22)18-26(34-35)25-16-15-21-7-5-6-10-24(21)17-25/h2-17,27H,18-19H2,1H3,(H,31,32,33). The zero-order valence-corrected chi connectivity index (χ0v) is 21.2. The summed E-state index contributed by atoms with van der Waals surface area (Å²) in [6, 6.07) is 32.7. The summed E-state index contributed by atoms with van der Waals surface area (Å²) in [5.74, 6) is 0.814. The molecule has 1 amide bonds. The molecule has 4 aromatic carbocycles. The van der Waals surface area contributed by atoms with Crippen LogP contribution in [0.1, 0.15) is 29.2 Å². The first-order valence-electron chi connectivity index (χ1n) is 12.2. The van der Waals surface area contributed by atoms with Crippen molar-refractivity contribution in [2.24, 2.45) is 5.10 Å². The van der Waals surface area contributed by atoms with Gasteiger partial charge in [-0.05, 0) is 34.9 Å². The van der Waals surface area contributed by atoms with E-state index in [0.717, 1.165) is 27.8 Å². The Morgan fingerprint density at radius 3 is 2.46 bits per heavy atom. The van der Waals surface area contributed by atoms with Crippen LogP contribution in [0.2, 0.25) is 0 Å². The Labute approximate surface area is 219 Å². The minimum absolute atomic E-state index is 0.0728. The summed E-state index contributed by atoms with van der Waals surface area (Å²) < 4.78 is 0. The molecule has 5 aromatic rings. The smallest absolute Gasteiger partial charge is 0.253 e. The Morgan fingerprint density at radius 2 is 1.65 bits per heavy atom. The summed E-state index contributed by atoms with van der Waals surface area (Å²) in [6.07, 6.45) is 0.664. The van der Waals surface area contributed by atoms with Gasteiger partial charge in [-0.15, -0.1) is 5.10 Å². The van der Waals surface area contributed by atoms with Crippen LogP contribution in [-0.2, 0) is 4.79 Å². The molecule has 2 heterocycles. The van der Waals surface area contributed by atoms with Gasteiger partial charge in [0, 0.05) is 12.0 Å². The number of aryl methyl sites for hydroxylation is 1. The van der Waals surface area contributed by atoms with Crippen LogP contribution in [0.25, 0.3) is 22.2 Å². The van der Waals surface area contributed by atoms with Gasteiger partial charge in [0.2, 0.25) is 5.16 Å². The lowest BCUT2D eigenvalue weighted by atomic mass is 9.97. The fourth-order valence-electron chi connectivity index (χ4n) is 4.56. The van der Waals surface area contributed by atoms with Crippen molar-refractivity contribution in [1.29, 1.82) is 0 Å². The molecule has 6 nitrogen and oxygen atoms in total. The summed E-state index contributed by atoms with van der Waals surface area (Å²) in [5, 5.41) is 16.6. The molecule has 1 atom stereocenters. The maximum absolute atomic E-state index is 13.4. The number of carbonyl (C=O) groups excluding carboxylic acids is 1. The van der Waals surface area contributed by atoms with Gasteiger partial charge in [0.25, 0.3) is 5.91 Å². The van der Waals surface area contributed by atoms with Crippen molar-refractivity contribution in [1.82, 2.24) is 20.2 Å². The van der Waals surface area contributed by atoms with Gasteiger partial charge in [0.15, 0.2) is 5.82 Å². The molecule has 1 unspecified atom stereocenters. The van der Waals surface area contributed by atoms with E-state index >= 15 is 0 Å². The zero-order chi connectivity index (χ0) is 25.2. The molecule has 0 bridgehead atoms. The first-order valence-corrected chi connectivity index (χ1v) is 13.2. The van der Waals surface area contributed by atoms with Crippen molar-refractivity contribution in [2.75, 3.05) is 5.75 Å². The van der Waals surface area contributed by atoms with Crippen molar-refractivity contribution >= 4 is 34.2 Å². The molecule has 6 rings (SSSR count).